The molecule has 2 N–H and O–H groups in total. The van der Waals surface area contributed by atoms with E-state index in [9.17, 15) is 4.79 Å². The highest BCUT2D eigenvalue weighted by Gasteiger charge is 2.12. The molecule has 0 saturated heterocycles. The molecule has 0 aliphatic rings. The van der Waals surface area contributed by atoms with Crippen LogP contribution >= 0.6 is 11.8 Å². The van der Waals surface area contributed by atoms with Crippen molar-refractivity contribution in [2.24, 2.45) is 0 Å². The number of thioether (sulfide) groups is 1. The molecule has 4 nitrogen and oxygen atoms in total. The van der Waals surface area contributed by atoms with E-state index in [2.05, 4.69) is 36.1 Å². The lowest BCUT2D eigenvalue weighted by molar-refractivity contribution is -0.118. The molecular formula is C11H19N3OS. The molecule has 0 saturated carbocycles. The van der Waals surface area contributed by atoms with Crippen molar-refractivity contribution >= 4 is 17.7 Å². The standard InChI is InChI=1S/C11H19N3OS/c1-11(2,3)16-8-10(15)14-5-4-9-12-6-7-13-9/h6-7H,4-5,8H2,1-3H3,(H,12,13)(H,14,15). The number of nitrogens with one attached hydrogen (secondary N) is 2. The minimum absolute atomic E-state index is 0.0893. The van der Waals surface area contributed by atoms with E-state index in [1.807, 2.05) is 0 Å². The number of rotatable bonds is 5. The monoisotopic (exact) mass is 241 g/mol. The van der Waals surface area contributed by atoms with Crippen LogP contribution in [-0.2, 0) is 11.2 Å². The number of carbonyl (C=O) groups excluding carboxylic acids is 1. The SMILES string of the molecule is CC(C)(C)SCC(=O)NCCc1ncc[nH]1. The largest absolute Gasteiger partial charge is 0.355 e. The van der Waals surface area contributed by atoms with Crippen LogP contribution < -0.4 is 5.32 Å². The smallest absolute Gasteiger partial charge is 0.230 e. The molecule has 1 rings (SSSR count). The van der Waals surface area contributed by atoms with Gasteiger partial charge in [0.1, 0.15) is 5.82 Å². The zero-order valence-corrected chi connectivity index (χ0v) is 10.9. The van der Waals surface area contributed by atoms with Gasteiger partial charge >= 0.3 is 0 Å². The maximum Gasteiger partial charge on any atom is 0.230 e. The number of H-pyrrole nitrogens is 1. The number of hydrogen-bond acceptors (Lipinski definition) is 3. The lowest BCUT2D eigenvalue weighted by Crippen LogP contribution is -2.29. The van der Waals surface area contributed by atoms with Crippen LogP contribution in [0.2, 0.25) is 0 Å². The lowest BCUT2D eigenvalue weighted by Gasteiger charge is -2.16. The number of nitrogens with zero attached hydrogens (tertiary/aromatic N) is 1. The molecule has 5 heteroatoms. The van der Waals surface area contributed by atoms with Gasteiger partial charge in [0.15, 0.2) is 0 Å². The summed E-state index contributed by atoms with van der Waals surface area (Å²) in [5.74, 6) is 1.51. The highest BCUT2D eigenvalue weighted by Crippen LogP contribution is 2.22. The highest BCUT2D eigenvalue weighted by molar-refractivity contribution is 8.01. The maximum absolute atomic E-state index is 11.5. The third-order valence-electron chi connectivity index (χ3n) is 1.88. The van der Waals surface area contributed by atoms with Crippen molar-refractivity contribution in [1.29, 1.82) is 0 Å². The van der Waals surface area contributed by atoms with Gasteiger partial charge in [-0.05, 0) is 0 Å². The number of aromatic nitrogens is 2. The van der Waals surface area contributed by atoms with E-state index in [-0.39, 0.29) is 10.7 Å². The van der Waals surface area contributed by atoms with Crippen molar-refractivity contribution in [1.82, 2.24) is 15.3 Å². The molecule has 0 unspecified atom stereocenters. The van der Waals surface area contributed by atoms with Crippen molar-refractivity contribution in [3.63, 3.8) is 0 Å². The van der Waals surface area contributed by atoms with Crippen LogP contribution in [0.15, 0.2) is 12.4 Å². The summed E-state index contributed by atoms with van der Waals surface area (Å²) in [6.07, 6.45) is 4.25. The molecule has 0 aromatic carbocycles. The van der Waals surface area contributed by atoms with Crippen LogP contribution in [0.4, 0.5) is 0 Å². The second-order valence-electron chi connectivity index (χ2n) is 4.54. The molecule has 0 aliphatic heterocycles. The molecule has 0 spiro atoms. The van der Waals surface area contributed by atoms with Gasteiger partial charge in [-0.1, -0.05) is 20.8 Å². The summed E-state index contributed by atoms with van der Waals surface area (Å²) in [7, 11) is 0. The third kappa shape index (κ3) is 5.80. The van der Waals surface area contributed by atoms with Crippen LogP contribution in [0.3, 0.4) is 0 Å². The van der Waals surface area contributed by atoms with Crippen molar-refractivity contribution in [2.45, 2.75) is 31.9 Å². The van der Waals surface area contributed by atoms with E-state index < -0.39 is 0 Å². The Hall–Kier alpha value is -0.970. The first-order chi connectivity index (χ1) is 7.47. The zero-order chi connectivity index (χ0) is 12.0. The van der Waals surface area contributed by atoms with Gasteiger partial charge in [-0.15, -0.1) is 11.8 Å². The van der Waals surface area contributed by atoms with Crippen molar-refractivity contribution in [3.8, 4) is 0 Å². The first-order valence-electron chi connectivity index (χ1n) is 5.36. The molecule has 90 valence electrons. The van der Waals surface area contributed by atoms with E-state index in [1.54, 1.807) is 24.2 Å². The Bertz CT molecular complexity index is 316. The zero-order valence-electron chi connectivity index (χ0n) is 10.0. The molecular weight excluding hydrogens is 222 g/mol. The van der Waals surface area contributed by atoms with E-state index in [0.29, 0.717) is 12.3 Å². The molecule has 1 amide bonds. The van der Waals surface area contributed by atoms with Crippen LogP contribution in [0.5, 0.6) is 0 Å². The third-order valence-corrected chi connectivity index (χ3v) is 3.15. The second kappa shape index (κ2) is 5.94. The minimum Gasteiger partial charge on any atom is -0.355 e. The normalized spacial score (nSPS) is 11.4. The topological polar surface area (TPSA) is 57.8 Å². The predicted octanol–water partition coefficient (Wildman–Crippen LogP) is 1.60. The van der Waals surface area contributed by atoms with Crippen molar-refractivity contribution in [2.75, 3.05) is 12.3 Å². The average molecular weight is 241 g/mol. The number of carbonyl (C=O) groups is 1. The van der Waals surface area contributed by atoms with Gasteiger partial charge in [0, 0.05) is 30.1 Å². The molecule has 0 radical (unpaired) electrons. The highest BCUT2D eigenvalue weighted by atomic mass is 32.2. The fraction of sp³-hybridized carbons (Fsp3) is 0.636. The fourth-order valence-electron chi connectivity index (χ4n) is 1.09. The Kier molecular flexibility index (Phi) is 4.86. The quantitative estimate of drug-likeness (QED) is 0.823. The van der Waals surface area contributed by atoms with E-state index in [0.717, 1.165) is 12.2 Å². The molecule has 0 atom stereocenters. The Morgan fingerprint density at radius 3 is 2.88 bits per heavy atom. The molecule has 16 heavy (non-hydrogen) atoms. The lowest BCUT2D eigenvalue weighted by atomic mass is 10.3. The maximum atomic E-state index is 11.5. The van der Waals surface area contributed by atoms with Crippen molar-refractivity contribution < 1.29 is 4.79 Å². The summed E-state index contributed by atoms with van der Waals surface area (Å²) in [6, 6.07) is 0. The fourth-order valence-corrected chi connectivity index (χ4v) is 1.75. The van der Waals surface area contributed by atoms with E-state index >= 15 is 0 Å². The second-order valence-corrected chi connectivity index (χ2v) is 6.34. The number of imidazole rings is 1. The van der Waals surface area contributed by atoms with Crippen LogP contribution in [0, 0.1) is 0 Å². The molecule has 1 aromatic rings. The van der Waals surface area contributed by atoms with Crippen LogP contribution in [-0.4, -0.2) is 32.9 Å². The summed E-state index contributed by atoms with van der Waals surface area (Å²) in [5.41, 5.74) is 0. The molecule has 0 aliphatic carbocycles. The van der Waals surface area contributed by atoms with Crippen molar-refractivity contribution in [3.05, 3.63) is 18.2 Å². The predicted molar refractivity (Wildman–Crippen MR) is 67.5 cm³/mol. The van der Waals surface area contributed by atoms with Gasteiger partial charge in [0.2, 0.25) is 5.91 Å². The molecule has 1 heterocycles. The van der Waals surface area contributed by atoms with Gasteiger partial charge < -0.3 is 10.3 Å². The Labute approximate surface area is 101 Å². The summed E-state index contributed by atoms with van der Waals surface area (Å²) >= 11 is 1.65. The number of aromatic amines is 1. The first-order valence-corrected chi connectivity index (χ1v) is 6.35. The first kappa shape index (κ1) is 13.1. The van der Waals surface area contributed by atoms with Gasteiger partial charge in [-0.25, -0.2) is 4.98 Å². The van der Waals surface area contributed by atoms with Crippen LogP contribution in [0.1, 0.15) is 26.6 Å². The number of amides is 1. The minimum atomic E-state index is 0.0893. The molecule has 0 bridgehead atoms. The van der Waals surface area contributed by atoms with Gasteiger partial charge in [0.05, 0.1) is 5.75 Å². The van der Waals surface area contributed by atoms with Crippen LogP contribution in [0.25, 0.3) is 0 Å². The summed E-state index contributed by atoms with van der Waals surface area (Å²) in [6.45, 7) is 6.95. The Balaban J connectivity index is 2.11. The molecule has 1 aromatic heterocycles. The van der Waals surface area contributed by atoms with Gasteiger partial charge in [-0.3, -0.25) is 4.79 Å². The molecule has 0 fully saturated rings. The van der Waals surface area contributed by atoms with E-state index in [1.165, 1.54) is 0 Å². The Morgan fingerprint density at radius 2 is 2.31 bits per heavy atom. The number of hydrogen-bond donors (Lipinski definition) is 2. The Morgan fingerprint density at radius 1 is 1.56 bits per heavy atom. The van der Waals surface area contributed by atoms with E-state index in [4.69, 9.17) is 0 Å². The average Bonchev–Trinajstić information content (AvgIpc) is 2.66. The van der Waals surface area contributed by atoms with Gasteiger partial charge in [0.25, 0.3) is 0 Å². The summed E-state index contributed by atoms with van der Waals surface area (Å²) < 4.78 is 0.137. The summed E-state index contributed by atoms with van der Waals surface area (Å²) in [4.78, 5) is 18.5. The van der Waals surface area contributed by atoms with Gasteiger partial charge in [-0.2, -0.15) is 0 Å². The summed E-state index contributed by atoms with van der Waals surface area (Å²) in [5, 5.41) is 2.87.